The Labute approximate surface area is 99.1 Å². The largest absolute Gasteiger partial charge is 0.294 e. The molecule has 0 aliphatic rings. The number of carbonyl (C=O) groups is 1. The minimum absolute atomic E-state index is 0.154. The Morgan fingerprint density at radius 2 is 1.94 bits per heavy atom. The summed E-state index contributed by atoms with van der Waals surface area (Å²) in [4.78, 5) is 15.8. The summed E-state index contributed by atoms with van der Waals surface area (Å²) in [6.07, 6.45) is 3.44. The molecule has 86 valence electrons. The zero-order chi connectivity index (χ0) is 12.3. The molecule has 2 aromatic rings. The second-order valence-electron chi connectivity index (χ2n) is 3.94. The first kappa shape index (κ1) is 11.5. The Hall–Kier alpha value is -2.03. The molecule has 1 aromatic heterocycles. The highest BCUT2D eigenvalue weighted by Gasteiger charge is 2.12. The fourth-order valence-corrected chi connectivity index (χ4v) is 1.63. The van der Waals surface area contributed by atoms with Crippen LogP contribution in [-0.2, 0) is 6.42 Å². The molecule has 2 nitrogen and oxygen atoms in total. The Kier molecular flexibility index (Phi) is 3.28. The molecule has 0 amide bonds. The van der Waals surface area contributed by atoms with Gasteiger partial charge in [-0.05, 0) is 36.8 Å². The van der Waals surface area contributed by atoms with E-state index in [-0.39, 0.29) is 17.8 Å². The molecule has 0 saturated carbocycles. The smallest absolute Gasteiger partial charge is 0.170 e. The maximum absolute atomic E-state index is 13.5. The van der Waals surface area contributed by atoms with Gasteiger partial charge in [0.15, 0.2) is 5.78 Å². The lowest BCUT2D eigenvalue weighted by Crippen LogP contribution is -2.06. The minimum atomic E-state index is -0.463. The molecule has 0 atom stereocenters. The normalized spacial score (nSPS) is 10.2. The molecule has 0 radical (unpaired) electrons. The predicted octanol–water partition coefficient (Wildman–Crippen LogP) is 2.95. The zero-order valence-electron chi connectivity index (χ0n) is 9.48. The van der Waals surface area contributed by atoms with E-state index in [1.54, 1.807) is 36.7 Å². The monoisotopic (exact) mass is 229 g/mol. The van der Waals surface area contributed by atoms with E-state index in [1.807, 2.05) is 6.92 Å². The number of rotatable bonds is 3. The molecule has 3 heteroatoms. The lowest BCUT2D eigenvalue weighted by atomic mass is 10.0. The average molecular weight is 229 g/mol. The van der Waals surface area contributed by atoms with Crippen LogP contribution in [0.15, 0.2) is 42.7 Å². The Balaban J connectivity index is 2.23. The minimum Gasteiger partial charge on any atom is -0.294 e. The first-order valence-corrected chi connectivity index (χ1v) is 5.35. The molecular weight excluding hydrogens is 217 g/mol. The third-order valence-electron chi connectivity index (χ3n) is 2.54. The van der Waals surface area contributed by atoms with Crippen LogP contribution < -0.4 is 0 Å². The number of hydrogen-bond donors (Lipinski definition) is 0. The Bertz CT molecular complexity index is 537. The quantitative estimate of drug-likeness (QED) is 0.757. The molecule has 0 aliphatic carbocycles. The summed E-state index contributed by atoms with van der Waals surface area (Å²) in [7, 11) is 0. The van der Waals surface area contributed by atoms with Gasteiger partial charge in [-0.3, -0.25) is 9.78 Å². The van der Waals surface area contributed by atoms with E-state index in [1.165, 1.54) is 6.07 Å². The third-order valence-corrected chi connectivity index (χ3v) is 2.54. The summed E-state index contributed by atoms with van der Waals surface area (Å²) in [6.45, 7) is 1.84. The van der Waals surface area contributed by atoms with Gasteiger partial charge in [-0.2, -0.15) is 0 Å². The van der Waals surface area contributed by atoms with Gasteiger partial charge in [-0.25, -0.2) is 4.39 Å². The van der Waals surface area contributed by atoms with Gasteiger partial charge in [0.2, 0.25) is 0 Å². The Morgan fingerprint density at radius 3 is 2.65 bits per heavy atom. The highest BCUT2D eigenvalue weighted by atomic mass is 19.1. The van der Waals surface area contributed by atoms with Crippen molar-refractivity contribution in [3.63, 3.8) is 0 Å². The number of benzene rings is 1. The summed E-state index contributed by atoms with van der Waals surface area (Å²) in [5, 5.41) is 0. The van der Waals surface area contributed by atoms with Gasteiger partial charge in [0.05, 0.1) is 5.56 Å². The van der Waals surface area contributed by atoms with Gasteiger partial charge in [-0.1, -0.05) is 11.6 Å². The highest BCUT2D eigenvalue weighted by Crippen LogP contribution is 2.13. The molecule has 0 bridgehead atoms. The summed E-state index contributed by atoms with van der Waals surface area (Å²) >= 11 is 0. The van der Waals surface area contributed by atoms with E-state index in [9.17, 15) is 9.18 Å². The van der Waals surface area contributed by atoms with Gasteiger partial charge < -0.3 is 0 Å². The first-order chi connectivity index (χ1) is 8.16. The number of nitrogens with zero attached hydrogens (tertiary/aromatic N) is 1. The second kappa shape index (κ2) is 4.87. The molecule has 0 fully saturated rings. The van der Waals surface area contributed by atoms with Crippen LogP contribution in [0.5, 0.6) is 0 Å². The van der Waals surface area contributed by atoms with Gasteiger partial charge in [0.1, 0.15) is 5.82 Å². The molecular formula is C14H12FNO. The van der Waals surface area contributed by atoms with Crippen molar-refractivity contribution in [3.8, 4) is 0 Å². The van der Waals surface area contributed by atoms with Crippen molar-refractivity contribution in [1.82, 2.24) is 4.98 Å². The van der Waals surface area contributed by atoms with Crippen molar-refractivity contribution in [3.05, 3.63) is 65.2 Å². The molecule has 17 heavy (non-hydrogen) atoms. The average Bonchev–Trinajstić information content (AvgIpc) is 2.33. The number of carbonyl (C=O) groups excluding carboxylic acids is 1. The van der Waals surface area contributed by atoms with E-state index in [0.717, 1.165) is 11.1 Å². The van der Waals surface area contributed by atoms with Crippen molar-refractivity contribution in [2.75, 3.05) is 0 Å². The third kappa shape index (κ3) is 2.75. The van der Waals surface area contributed by atoms with Crippen LogP contribution >= 0.6 is 0 Å². The number of halogens is 1. The topological polar surface area (TPSA) is 30.0 Å². The van der Waals surface area contributed by atoms with Crippen LogP contribution in [0.3, 0.4) is 0 Å². The summed E-state index contributed by atoms with van der Waals surface area (Å²) < 4.78 is 13.5. The number of pyridine rings is 1. The van der Waals surface area contributed by atoms with E-state index in [4.69, 9.17) is 0 Å². The summed E-state index contributed by atoms with van der Waals surface area (Å²) in [6, 6.07) is 8.07. The fraction of sp³-hybridized carbons (Fsp3) is 0.143. The second-order valence-corrected chi connectivity index (χ2v) is 3.94. The van der Waals surface area contributed by atoms with Crippen LogP contribution in [0.2, 0.25) is 0 Å². The SMILES string of the molecule is Cc1ccc(F)c(C(=O)Cc2ccncc2)c1. The molecule has 2 rings (SSSR count). The van der Waals surface area contributed by atoms with Crippen molar-refractivity contribution in [1.29, 1.82) is 0 Å². The standard InChI is InChI=1S/C14H12FNO/c1-10-2-3-13(15)12(8-10)14(17)9-11-4-6-16-7-5-11/h2-8H,9H2,1H3. The number of hydrogen-bond acceptors (Lipinski definition) is 2. The van der Waals surface area contributed by atoms with Gasteiger partial charge in [0, 0.05) is 18.8 Å². The maximum atomic E-state index is 13.5. The number of ketones is 1. The van der Waals surface area contributed by atoms with E-state index >= 15 is 0 Å². The van der Waals surface area contributed by atoms with Gasteiger partial charge in [-0.15, -0.1) is 0 Å². The van der Waals surface area contributed by atoms with E-state index in [0.29, 0.717) is 0 Å². The van der Waals surface area contributed by atoms with Crippen molar-refractivity contribution in [2.45, 2.75) is 13.3 Å². The summed E-state index contributed by atoms with van der Waals surface area (Å²) in [5.41, 5.74) is 1.87. The van der Waals surface area contributed by atoms with Crippen molar-refractivity contribution in [2.24, 2.45) is 0 Å². The molecule has 0 spiro atoms. The van der Waals surface area contributed by atoms with Crippen molar-refractivity contribution >= 4 is 5.78 Å². The predicted molar refractivity (Wildman–Crippen MR) is 63.4 cm³/mol. The number of Topliss-reactive ketones (excluding diaryl/α,β-unsaturated/α-hetero) is 1. The maximum Gasteiger partial charge on any atom is 0.170 e. The molecule has 1 heterocycles. The molecule has 0 saturated heterocycles. The summed E-state index contributed by atoms with van der Waals surface area (Å²) in [5.74, 6) is -0.674. The first-order valence-electron chi connectivity index (χ1n) is 5.35. The van der Waals surface area contributed by atoms with Crippen LogP contribution in [0.1, 0.15) is 21.5 Å². The van der Waals surface area contributed by atoms with Crippen LogP contribution in [-0.4, -0.2) is 10.8 Å². The van der Waals surface area contributed by atoms with E-state index in [2.05, 4.69) is 4.98 Å². The molecule has 1 aromatic carbocycles. The van der Waals surface area contributed by atoms with Crippen LogP contribution in [0, 0.1) is 12.7 Å². The molecule has 0 unspecified atom stereocenters. The van der Waals surface area contributed by atoms with Gasteiger partial charge in [0.25, 0.3) is 0 Å². The highest BCUT2D eigenvalue weighted by molar-refractivity contribution is 5.97. The van der Waals surface area contributed by atoms with Crippen molar-refractivity contribution < 1.29 is 9.18 Å². The Morgan fingerprint density at radius 1 is 1.24 bits per heavy atom. The molecule has 0 aliphatic heterocycles. The molecule has 0 N–H and O–H groups in total. The van der Waals surface area contributed by atoms with E-state index < -0.39 is 5.82 Å². The fourth-order valence-electron chi connectivity index (χ4n) is 1.63. The lowest BCUT2D eigenvalue weighted by Gasteiger charge is -2.04. The number of aryl methyl sites for hydroxylation is 1. The lowest BCUT2D eigenvalue weighted by molar-refractivity contribution is 0.0989. The zero-order valence-corrected chi connectivity index (χ0v) is 9.48. The van der Waals surface area contributed by atoms with Crippen LogP contribution in [0.25, 0.3) is 0 Å². The van der Waals surface area contributed by atoms with Crippen LogP contribution in [0.4, 0.5) is 4.39 Å². The van der Waals surface area contributed by atoms with Gasteiger partial charge >= 0.3 is 0 Å². The number of aromatic nitrogens is 1.